The lowest BCUT2D eigenvalue weighted by atomic mass is 9.89. The van der Waals surface area contributed by atoms with Crippen LogP contribution in [0.15, 0.2) is 41.7 Å². The van der Waals surface area contributed by atoms with Gasteiger partial charge in [0.1, 0.15) is 10.8 Å². The molecule has 1 fully saturated rings. The predicted molar refractivity (Wildman–Crippen MR) is 178 cm³/mol. The van der Waals surface area contributed by atoms with Crippen LogP contribution in [0.1, 0.15) is 78.1 Å². The highest BCUT2D eigenvalue weighted by atomic mass is 35.5. The highest BCUT2D eigenvalue weighted by molar-refractivity contribution is 7.90. The van der Waals surface area contributed by atoms with Crippen LogP contribution in [0.3, 0.4) is 0 Å². The number of amides is 2. The van der Waals surface area contributed by atoms with Crippen LogP contribution in [0.4, 0.5) is 18.0 Å². The number of pyridine rings is 1. The monoisotopic (exact) mass is 745 g/mol. The number of aromatic nitrogens is 5. The van der Waals surface area contributed by atoms with Gasteiger partial charge in [-0.25, -0.2) is 23.6 Å². The average Bonchev–Trinajstić information content (AvgIpc) is 3.74. The first-order valence-electron chi connectivity index (χ1n) is 16.0. The molecule has 1 aliphatic heterocycles. The molecule has 18 heteroatoms. The van der Waals surface area contributed by atoms with E-state index in [0.29, 0.717) is 19.5 Å². The third-order valence-electron chi connectivity index (χ3n) is 8.12. The summed E-state index contributed by atoms with van der Waals surface area (Å²) < 4.78 is 82.5. The number of nitrogens with zero attached hydrogens (tertiary/aromatic N) is 6. The number of sulfonamides is 1. The lowest BCUT2D eigenvalue weighted by Crippen LogP contribution is -2.45. The molecule has 0 bridgehead atoms. The second-order valence-corrected chi connectivity index (χ2v) is 16.6. The number of likely N-dealkylation sites (tertiary alicyclic amines) is 1. The quantitative estimate of drug-likeness (QED) is 0.206. The van der Waals surface area contributed by atoms with Crippen LogP contribution >= 0.6 is 11.6 Å². The Bertz CT molecular complexity index is 1790. The summed E-state index contributed by atoms with van der Waals surface area (Å²) in [7, 11) is -4.38. The minimum Gasteiger partial charge on any atom is -0.444 e. The van der Waals surface area contributed by atoms with Crippen LogP contribution in [0.5, 0.6) is 5.88 Å². The molecule has 2 unspecified atom stereocenters. The first kappa shape index (κ1) is 38.9. The highest BCUT2D eigenvalue weighted by Crippen LogP contribution is 2.36. The van der Waals surface area contributed by atoms with Gasteiger partial charge in [-0.3, -0.25) is 13.9 Å². The van der Waals surface area contributed by atoms with Crippen LogP contribution < -0.4 is 9.46 Å². The molecule has 2 amide bonds. The van der Waals surface area contributed by atoms with Gasteiger partial charge in [0.25, 0.3) is 22.3 Å². The van der Waals surface area contributed by atoms with Crippen LogP contribution in [0.25, 0.3) is 5.82 Å². The molecule has 0 aromatic carbocycles. The lowest BCUT2D eigenvalue weighted by Gasteiger charge is -2.33. The van der Waals surface area contributed by atoms with Crippen LogP contribution in [-0.2, 0) is 21.3 Å². The second kappa shape index (κ2) is 14.8. The van der Waals surface area contributed by atoms with Gasteiger partial charge < -0.3 is 14.4 Å². The Hall–Kier alpha value is -3.86. The minimum absolute atomic E-state index is 0.0537. The molecule has 1 N–H and O–H groups in total. The topological polar surface area (TPSA) is 151 Å². The van der Waals surface area contributed by atoms with E-state index in [1.54, 1.807) is 4.90 Å². The highest BCUT2D eigenvalue weighted by Gasteiger charge is 2.43. The van der Waals surface area contributed by atoms with E-state index in [1.807, 2.05) is 39.3 Å². The van der Waals surface area contributed by atoms with Crippen molar-refractivity contribution in [1.29, 1.82) is 0 Å². The summed E-state index contributed by atoms with van der Waals surface area (Å²) in [5, 5.41) is 7.33. The molecule has 13 nitrogen and oxygen atoms in total. The fourth-order valence-corrected chi connectivity index (χ4v) is 6.57. The summed E-state index contributed by atoms with van der Waals surface area (Å²) in [6.07, 6.45) is -0.0271. The van der Waals surface area contributed by atoms with Crippen molar-refractivity contribution in [3.05, 3.63) is 47.4 Å². The smallest absolute Gasteiger partial charge is 0.410 e. The molecular weight excluding hydrogens is 703 g/mol. The zero-order valence-corrected chi connectivity index (χ0v) is 30.6. The number of aryl methyl sites for hydroxylation is 1. The number of hydrogen-bond acceptors (Lipinski definition) is 9. The standard InChI is InChI=1S/C32H43ClF3N7O6S/c1-30(2,3)49-29(45)42-18-20(17-32(42,6)7)9-8-14-41-15-13-24(39-41)50(46,47)40-28(44)21-10-11-22(37-26(21)33)43-16-12-23(38-43)48-27(36)25(35)31(4,5)19-34/h10-13,15-16,20,25,27H,8-9,14,17-19H2,1-7H3,(H,40,44)/t20-,25?,27?/m0/s1. The average molecular weight is 746 g/mol. The van der Waals surface area contributed by atoms with E-state index in [2.05, 4.69) is 15.2 Å². The fourth-order valence-electron chi connectivity index (χ4n) is 5.42. The van der Waals surface area contributed by atoms with Gasteiger partial charge in [0.05, 0.1) is 12.2 Å². The molecule has 50 heavy (non-hydrogen) atoms. The van der Waals surface area contributed by atoms with E-state index in [9.17, 15) is 31.2 Å². The third kappa shape index (κ3) is 9.47. The van der Waals surface area contributed by atoms with Crippen molar-refractivity contribution in [2.75, 3.05) is 13.2 Å². The molecule has 0 spiro atoms. The summed E-state index contributed by atoms with van der Waals surface area (Å²) in [5.74, 6) is -1.08. The van der Waals surface area contributed by atoms with Gasteiger partial charge in [-0.1, -0.05) is 25.4 Å². The molecule has 3 atom stereocenters. The summed E-state index contributed by atoms with van der Waals surface area (Å²) in [4.78, 5) is 31.4. The molecule has 0 saturated carbocycles. The van der Waals surface area contributed by atoms with Crippen molar-refractivity contribution in [3.63, 3.8) is 0 Å². The van der Waals surface area contributed by atoms with E-state index < -0.39 is 46.2 Å². The molecule has 1 aliphatic rings. The predicted octanol–water partition coefficient (Wildman–Crippen LogP) is 6.06. The first-order chi connectivity index (χ1) is 23.1. The minimum atomic E-state index is -4.38. The normalized spacial score (nSPS) is 17.7. The number of nitrogens with one attached hydrogen (secondary N) is 1. The zero-order valence-electron chi connectivity index (χ0n) is 29.0. The van der Waals surface area contributed by atoms with Crippen molar-refractivity contribution >= 4 is 33.6 Å². The van der Waals surface area contributed by atoms with Gasteiger partial charge in [0.15, 0.2) is 17.0 Å². The third-order valence-corrected chi connectivity index (χ3v) is 9.63. The Balaban J connectivity index is 1.32. The fraction of sp³-hybridized carbons (Fsp3) is 0.594. The lowest BCUT2D eigenvalue weighted by molar-refractivity contribution is -0.0645. The number of ether oxygens (including phenoxy) is 2. The first-order valence-corrected chi connectivity index (χ1v) is 17.8. The molecule has 276 valence electrons. The molecular formula is C32H43ClF3N7O6S. The number of rotatable bonds is 13. The number of alkyl halides is 3. The van der Waals surface area contributed by atoms with Gasteiger partial charge in [0.2, 0.25) is 5.88 Å². The van der Waals surface area contributed by atoms with Crippen molar-refractivity contribution in [1.82, 2.24) is 34.2 Å². The Morgan fingerprint density at radius 2 is 1.80 bits per heavy atom. The summed E-state index contributed by atoms with van der Waals surface area (Å²) >= 11 is 6.20. The van der Waals surface area contributed by atoms with Crippen molar-refractivity contribution in [2.24, 2.45) is 11.3 Å². The number of carbonyl (C=O) groups is 2. The summed E-state index contributed by atoms with van der Waals surface area (Å²) in [5.41, 5.74) is -2.82. The van der Waals surface area contributed by atoms with E-state index >= 15 is 0 Å². The molecule has 1 saturated heterocycles. The van der Waals surface area contributed by atoms with Gasteiger partial charge in [-0.15, -0.1) is 5.10 Å². The van der Waals surface area contributed by atoms with Crippen LogP contribution in [-0.4, -0.2) is 86.8 Å². The van der Waals surface area contributed by atoms with Crippen molar-refractivity contribution in [2.45, 2.75) is 103 Å². The Morgan fingerprint density at radius 1 is 1.10 bits per heavy atom. The Kier molecular flexibility index (Phi) is 11.5. The summed E-state index contributed by atoms with van der Waals surface area (Å²) in [6.45, 7) is 11.8. The van der Waals surface area contributed by atoms with Crippen molar-refractivity contribution in [3.8, 4) is 11.7 Å². The van der Waals surface area contributed by atoms with E-state index in [0.717, 1.165) is 17.5 Å². The van der Waals surface area contributed by atoms with Gasteiger partial charge >= 0.3 is 6.09 Å². The van der Waals surface area contributed by atoms with Crippen LogP contribution in [0, 0.1) is 11.3 Å². The Morgan fingerprint density at radius 3 is 2.44 bits per heavy atom. The maximum absolute atomic E-state index is 14.3. The summed E-state index contributed by atoms with van der Waals surface area (Å²) in [6, 6.07) is 5.00. The molecule has 4 rings (SSSR count). The SMILES string of the molecule is CC(C)(C)OC(=O)N1C[C@@H](CCCn2ccc(S(=O)(=O)NC(=O)c3ccc(-n4ccc(OC(F)C(F)C(C)(C)CF)n4)nc3Cl)n2)CC1(C)C. The van der Waals surface area contributed by atoms with Crippen molar-refractivity contribution < 1.29 is 40.7 Å². The Labute approximate surface area is 294 Å². The number of halogens is 4. The zero-order chi connectivity index (χ0) is 37.2. The number of carbonyl (C=O) groups excluding carboxylic acids is 2. The van der Waals surface area contributed by atoms with Gasteiger partial charge in [0, 0.05) is 42.5 Å². The van der Waals surface area contributed by atoms with E-state index in [1.165, 1.54) is 55.2 Å². The number of hydrogen-bond donors (Lipinski definition) is 1. The van der Waals surface area contributed by atoms with Gasteiger partial charge in [-0.05, 0) is 78.0 Å². The molecule has 3 aromatic rings. The maximum atomic E-state index is 14.3. The molecule has 0 radical (unpaired) electrons. The second-order valence-electron chi connectivity index (χ2n) is 14.6. The van der Waals surface area contributed by atoms with E-state index in [4.69, 9.17) is 21.1 Å². The molecule has 4 heterocycles. The maximum Gasteiger partial charge on any atom is 0.410 e. The van der Waals surface area contributed by atoms with E-state index in [-0.39, 0.29) is 45.0 Å². The van der Waals surface area contributed by atoms with Crippen LogP contribution in [0.2, 0.25) is 5.15 Å². The molecule has 3 aromatic heterocycles. The largest absolute Gasteiger partial charge is 0.444 e. The van der Waals surface area contributed by atoms with Gasteiger partial charge in [-0.2, -0.15) is 17.9 Å². The molecule has 0 aliphatic carbocycles.